The van der Waals surface area contributed by atoms with Crippen LogP contribution in [0.3, 0.4) is 0 Å². The second-order valence-corrected chi connectivity index (χ2v) is 6.83. The van der Waals surface area contributed by atoms with Crippen LogP contribution in [-0.4, -0.2) is 24.2 Å². The number of carbonyl (C=O) groups is 2. The molecular weight excluding hydrogens is 372 g/mol. The number of hydrogen-bond acceptors (Lipinski definition) is 4. The fourth-order valence-electron chi connectivity index (χ4n) is 1.93. The molecule has 1 N–H and O–H groups in total. The molecule has 0 bridgehead atoms. The summed E-state index contributed by atoms with van der Waals surface area (Å²) in [5, 5.41) is 2.04. The number of methoxy groups -OCH3 is 1. The zero-order valence-electron chi connectivity index (χ0n) is 13.3. The number of thioether (sulfide) groups is 1. The van der Waals surface area contributed by atoms with Gasteiger partial charge in [-0.1, -0.05) is 11.6 Å². The smallest absolute Gasteiger partial charge is 0.339 e. The van der Waals surface area contributed by atoms with E-state index in [2.05, 4.69) is 10.1 Å². The highest BCUT2D eigenvalue weighted by atomic mass is 35.5. The first-order chi connectivity index (χ1) is 11.8. The Labute approximate surface area is 152 Å². The van der Waals surface area contributed by atoms with Crippen LogP contribution in [0.5, 0.6) is 0 Å². The molecular formula is C17H14ClF2NO3S. The van der Waals surface area contributed by atoms with Crippen LogP contribution < -0.4 is 5.32 Å². The highest BCUT2D eigenvalue weighted by Gasteiger charge is 2.18. The summed E-state index contributed by atoms with van der Waals surface area (Å²) in [7, 11) is 1.24. The molecule has 0 heterocycles. The molecule has 0 spiro atoms. The van der Waals surface area contributed by atoms with Crippen molar-refractivity contribution in [2.45, 2.75) is 17.1 Å². The Morgan fingerprint density at radius 1 is 1.20 bits per heavy atom. The van der Waals surface area contributed by atoms with Crippen molar-refractivity contribution in [2.24, 2.45) is 0 Å². The van der Waals surface area contributed by atoms with Gasteiger partial charge in [-0.05, 0) is 37.3 Å². The van der Waals surface area contributed by atoms with Crippen LogP contribution in [0.25, 0.3) is 0 Å². The van der Waals surface area contributed by atoms with Crippen LogP contribution in [0.2, 0.25) is 5.02 Å². The summed E-state index contributed by atoms with van der Waals surface area (Å²) in [6, 6.07) is 7.59. The monoisotopic (exact) mass is 385 g/mol. The minimum Gasteiger partial charge on any atom is -0.465 e. The lowest BCUT2D eigenvalue weighted by Crippen LogP contribution is -2.23. The van der Waals surface area contributed by atoms with Crippen LogP contribution in [0.4, 0.5) is 14.5 Å². The van der Waals surface area contributed by atoms with Crippen molar-refractivity contribution >= 4 is 40.9 Å². The molecule has 25 heavy (non-hydrogen) atoms. The molecule has 0 unspecified atom stereocenters. The Kier molecular flexibility index (Phi) is 6.39. The van der Waals surface area contributed by atoms with E-state index >= 15 is 0 Å². The van der Waals surface area contributed by atoms with Crippen LogP contribution in [0, 0.1) is 11.6 Å². The van der Waals surface area contributed by atoms with E-state index in [0.717, 1.165) is 23.9 Å². The average Bonchev–Trinajstić information content (AvgIpc) is 2.58. The first-order valence-electron chi connectivity index (χ1n) is 7.12. The molecule has 2 rings (SSSR count). The normalized spacial score (nSPS) is 11.7. The molecule has 2 aromatic rings. The summed E-state index contributed by atoms with van der Waals surface area (Å²) in [4.78, 5) is 24.4. The van der Waals surface area contributed by atoms with Gasteiger partial charge in [-0.15, -0.1) is 11.8 Å². The largest absolute Gasteiger partial charge is 0.465 e. The van der Waals surface area contributed by atoms with Crippen molar-refractivity contribution < 1.29 is 23.1 Å². The molecule has 0 aromatic heterocycles. The van der Waals surface area contributed by atoms with Gasteiger partial charge in [0.05, 0.1) is 28.6 Å². The molecule has 1 amide bonds. The number of esters is 1. The van der Waals surface area contributed by atoms with Crippen LogP contribution in [-0.2, 0) is 9.53 Å². The Hall–Kier alpha value is -2.12. The standard InChI is InChI=1S/C17H14ClF2NO3S/c1-9(16(22)21-15-6-3-10(19)7-14(15)20)25-11-4-5-13(18)12(8-11)17(23)24-2/h3-9H,1-2H3,(H,21,22)/t9-/m0/s1. The lowest BCUT2D eigenvalue weighted by Gasteiger charge is -2.13. The summed E-state index contributed by atoms with van der Waals surface area (Å²) < 4.78 is 31.1. The number of halogens is 3. The zero-order valence-corrected chi connectivity index (χ0v) is 14.9. The van der Waals surface area contributed by atoms with Gasteiger partial charge in [-0.25, -0.2) is 13.6 Å². The molecule has 0 aliphatic rings. The predicted molar refractivity (Wildman–Crippen MR) is 93.1 cm³/mol. The number of rotatable bonds is 5. The van der Waals surface area contributed by atoms with Gasteiger partial charge in [0.1, 0.15) is 11.6 Å². The van der Waals surface area contributed by atoms with Gasteiger partial charge in [0.15, 0.2) is 0 Å². The van der Waals surface area contributed by atoms with Crippen molar-refractivity contribution in [1.82, 2.24) is 0 Å². The minimum atomic E-state index is -0.856. The Bertz CT molecular complexity index is 816. The van der Waals surface area contributed by atoms with Gasteiger partial charge < -0.3 is 10.1 Å². The summed E-state index contributed by atoms with van der Waals surface area (Å²) in [5.41, 5.74) is 0.0801. The van der Waals surface area contributed by atoms with E-state index in [1.165, 1.54) is 19.2 Å². The van der Waals surface area contributed by atoms with E-state index < -0.39 is 28.8 Å². The zero-order chi connectivity index (χ0) is 18.6. The van der Waals surface area contributed by atoms with Crippen LogP contribution in [0.15, 0.2) is 41.3 Å². The van der Waals surface area contributed by atoms with Gasteiger partial charge >= 0.3 is 5.97 Å². The van der Waals surface area contributed by atoms with E-state index in [9.17, 15) is 18.4 Å². The van der Waals surface area contributed by atoms with E-state index in [1.807, 2.05) is 0 Å². The molecule has 0 aliphatic heterocycles. The maximum absolute atomic E-state index is 13.6. The molecule has 0 radical (unpaired) electrons. The quantitative estimate of drug-likeness (QED) is 0.607. The Morgan fingerprint density at radius 2 is 1.92 bits per heavy atom. The van der Waals surface area contributed by atoms with Crippen LogP contribution >= 0.6 is 23.4 Å². The Morgan fingerprint density at radius 3 is 2.56 bits per heavy atom. The third kappa shape index (κ3) is 4.93. The molecule has 0 fully saturated rings. The molecule has 0 aliphatic carbocycles. The van der Waals surface area contributed by atoms with E-state index in [1.54, 1.807) is 13.0 Å². The number of ether oxygens (including phenoxy) is 1. The summed E-state index contributed by atoms with van der Waals surface area (Å²) in [5.74, 6) is -2.64. The Balaban J connectivity index is 2.09. The van der Waals surface area contributed by atoms with Gasteiger partial charge in [0.25, 0.3) is 0 Å². The summed E-state index contributed by atoms with van der Waals surface area (Å²) >= 11 is 7.10. The highest BCUT2D eigenvalue weighted by molar-refractivity contribution is 8.00. The molecule has 132 valence electrons. The molecule has 2 aromatic carbocycles. The maximum Gasteiger partial charge on any atom is 0.339 e. The SMILES string of the molecule is COC(=O)c1cc(S[C@@H](C)C(=O)Nc2ccc(F)cc2F)ccc1Cl. The van der Waals surface area contributed by atoms with E-state index in [4.69, 9.17) is 11.6 Å². The molecule has 0 saturated heterocycles. The van der Waals surface area contributed by atoms with E-state index in [-0.39, 0.29) is 16.3 Å². The molecule has 8 heteroatoms. The number of amides is 1. The lowest BCUT2D eigenvalue weighted by molar-refractivity contribution is -0.115. The lowest BCUT2D eigenvalue weighted by atomic mass is 10.2. The number of anilines is 1. The molecule has 0 saturated carbocycles. The topological polar surface area (TPSA) is 55.4 Å². The average molecular weight is 386 g/mol. The number of carbonyl (C=O) groups excluding carboxylic acids is 2. The second-order valence-electron chi connectivity index (χ2n) is 5.01. The first kappa shape index (κ1) is 19.2. The molecule has 1 atom stereocenters. The third-order valence-electron chi connectivity index (χ3n) is 3.21. The highest BCUT2D eigenvalue weighted by Crippen LogP contribution is 2.29. The number of hydrogen-bond donors (Lipinski definition) is 1. The number of nitrogens with one attached hydrogen (secondary N) is 1. The van der Waals surface area contributed by atoms with Crippen molar-refractivity contribution in [1.29, 1.82) is 0 Å². The van der Waals surface area contributed by atoms with E-state index in [0.29, 0.717) is 11.0 Å². The summed E-state index contributed by atoms with van der Waals surface area (Å²) in [6.45, 7) is 1.62. The van der Waals surface area contributed by atoms with Gasteiger partial charge in [0.2, 0.25) is 5.91 Å². The van der Waals surface area contributed by atoms with Gasteiger partial charge in [-0.2, -0.15) is 0 Å². The maximum atomic E-state index is 13.6. The number of benzene rings is 2. The summed E-state index contributed by atoms with van der Waals surface area (Å²) in [6.07, 6.45) is 0. The van der Waals surface area contributed by atoms with Crippen molar-refractivity contribution in [2.75, 3.05) is 12.4 Å². The second kappa shape index (κ2) is 8.31. The first-order valence-corrected chi connectivity index (χ1v) is 8.38. The van der Waals surface area contributed by atoms with Gasteiger partial charge in [-0.3, -0.25) is 4.79 Å². The predicted octanol–water partition coefficient (Wildman–Crippen LogP) is 4.52. The molecule has 4 nitrogen and oxygen atoms in total. The third-order valence-corrected chi connectivity index (χ3v) is 4.64. The van der Waals surface area contributed by atoms with Crippen molar-refractivity contribution in [3.05, 3.63) is 58.6 Å². The minimum absolute atomic E-state index is 0.106. The van der Waals surface area contributed by atoms with Crippen LogP contribution in [0.1, 0.15) is 17.3 Å². The fourth-order valence-corrected chi connectivity index (χ4v) is 3.03. The fraction of sp³-hybridized carbons (Fsp3) is 0.176. The van der Waals surface area contributed by atoms with Crippen molar-refractivity contribution in [3.63, 3.8) is 0 Å². The van der Waals surface area contributed by atoms with Gasteiger partial charge in [0, 0.05) is 11.0 Å². The van der Waals surface area contributed by atoms with Crippen molar-refractivity contribution in [3.8, 4) is 0 Å².